The van der Waals surface area contributed by atoms with Crippen LogP contribution in [0.25, 0.3) is 22.3 Å². The minimum Gasteiger partial charge on any atom is -0.382 e. The van der Waals surface area contributed by atoms with Crippen LogP contribution in [-0.4, -0.2) is 98.0 Å². The van der Waals surface area contributed by atoms with Gasteiger partial charge in [0, 0.05) is 25.9 Å². The molecule has 43 heavy (non-hydrogen) atoms. The first-order valence-corrected chi connectivity index (χ1v) is 15.4. The van der Waals surface area contributed by atoms with Crippen LogP contribution >= 0.6 is 0 Å². The molecule has 0 spiro atoms. The molecule has 4 aromatic rings. The predicted molar refractivity (Wildman–Crippen MR) is 143 cm³/mol. The number of alkyl halides is 1. The molecule has 0 bridgehead atoms. The third-order valence-corrected chi connectivity index (χ3v) is 8.43. The van der Waals surface area contributed by atoms with E-state index in [1.807, 2.05) is 4.72 Å². The van der Waals surface area contributed by atoms with Crippen molar-refractivity contribution in [1.29, 1.82) is 0 Å². The number of nitrogen functional groups attached to an aromatic ring is 2. The highest BCUT2D eigenvalue weighted by Gasteiger charge is 2.42. The number of ether oxygens (including phenoxy) is 2. The van der Waals surface area contributed by atoms with Crippen LogP contribution in [0.2, 0.25) is 0 Å². The van der Waals surface area contributed by atoms with E-state index in [9.17, 15) is 21.2 Å². The lowest BCUT2D eigenvalue weighted by molar-refractivity contribution is -0.0151. The number of nitrogens with one attached hydrogen (secondary N) is 2. The highest BCUT2D eigenvalue weighted by molar-refractivity contribution is 7.84. The number of hydrogen-bond donors (Lipinski definition) is 5. The van der Waals surface area contributed by atoms with Gasteiger partial charge < -0.3 is 20.9 Å². The van der Waals surface area contributed by atoms with Crippen molar-refractivity contribution in [2.45, 2.75) is 49.8 Å². The summed E-state index contributed by atoms with van der Waals surface area (Å²) in [5.74, 6) is 0.219. The van der Waals surface area contributed by atoms with E-state index in [2.05, 4.69) is 34.6 Å². The molecule has 7 N–H and O–H groups in total. The predicted octanol–water partition coefficient (Wildman–Crippen LogP) is -1.64. The minimum atomic E-state index is -4.64. The molecule has 4 aromatic heterocycles. The van der Waals surface area contributed by atoms with Gasteiger partial charge in [0.2, 0.25) is 0 Å². The summed E-state index contributed by atoms with van der Waals surface area (Å²) in [6, 6.07) is 0. The van der Waals surface area contributed by atoms with Gasteiger partial charge in [0.15, 0.2) is 29.2 Å². The second-order valence-electron chi connectivity index (χ2n) is 9.69. The van der Waals surface area contributed by atoms with E-state index in [0.717, 1.165) is 0 Å². The minimum absolute atomic E-state index is 0.0959. The third-order valence-electron chi connectivity index (χ3n) is 6.87. The van der Waals surface area contributed by atoms with Gasteiger partial charge in [-0.25, -0.2) is 34.3 Å². The first-order chi connectivity index (χ1) is 20.4. The van der Waals surface area contributed by atoms with Crippen molar-refractivity contribution in [2.75, 3.05) is 24.6 Å². The Morgan fingerprint density at radius 3 is 2.19 bits per heavy atom. The summed E-state index contributed by atoms with van der Waals surface area (Å²) in [4.78, 5) is 24.1. The summed E-state index contributed by atoms with van der Waals surface area (Å²) in [7, 11) is -9.15. The number of rotatable bonds is 10. The summed E-state index contributed by atoms with van der Waals surface area (Å²) < 4.78 is 96.3. The lowest BCUT2D eigenvalue weighted by Gasteiger charge is -2.19. The summed E-state index contributed by atoms with van der Waals surface area (Å²) in [6.45, 7) is -0.876. The van der Waals surface area contributed by atoms with Crippen LogP contribution in [0.3, 0.4) is 0 Å². The maximum absolute atomic E-state index is 14.9. The Kier molecular flexibility index (Phi) is 7.57. The lowest BCUT2D eigenvalue weighted by Crippen LogP contribution is -2.41. The molecule has 232 valence electrons. The van der Waals surface area contributed by atoms with Gasteiger partial charge >= 0.3 is 20.6 Å². The van der Waals surface area contributed by atoms with Crippen LogP contribution < -0.4 is 20.9 Å². The standard InChI is InChI=1S/C20H25FN12O8S2/c21-10-1-9(39-20(10)33-8-29-15-17(23)25-6-27-19(15)33)3-31-43(37,38)41-11-2-13(40-12(11)4-30-42(34,35)36)32-7-28-14-16(22)24-5-26-18(14)32/h5-13,20,30-31H,1-4H2,(H2,22,24,26)(H2,23,25,27)(H,34,35,36)/t9-,10+,11-,12+,13+,20+/m0/s1. The zero-order valence-corrected chi connectivity index (χ0v) is 23.5. The summed E-state index contributed by atoms with van der Waals surface area (Å²) >= 11 is 0. The number of imidazole rings is 2. The number of nitrogens with two attached hydrogens (primary N) is 2. The average Bonchev–Trinajstić information content (AvgIpc) is 3.71. The van der Waals surface area contributed by atoms with Crippen LogP contribution in [0.5, 0.6) is 0 Å². The fourth-order valence-corrected chi connectivity index (χ4v) is 6.31. The highest BCUT2D eigenvalue weighted by atomic mass is 32.2. The molecule has 2 fully saturated rings. The first kappa shape index (κ1) is 29.4. The van der Waals surface area contributed by atoms with Crippen molar-refractivity contribution in [1.82, 2.24) is 48.5 Å². The van der Waals surface area contributed by atoms with Crippen LogP contribution in [0.15, 0.2) is 25.3 Å². The topological polar surface area (TPSA) is 280 Å². The van der Waals surface area contributed by atoms with E-state index in [1.54, 1.807) is 0 Å². The Morgan fingerprint density at radius 2 is 1.53 bits per heavy atom. The molecular weight excluding hydrogens is 619 g/mol. The lowest BCUT2D eigenvalue weighted by atomic mass is 10.2. The van der Waals surface area contributed by atoms with Crippen molar-refractivity contribution in [3.8, 4) is 0 Å². The molecule has 2 saturated heterocycles. The molecule has 23 heteroatoms. The Bertz CT molecular complexity index is 1870. The monoisotopic (exact) mass is 644 g/mol. The van der Waals surface area contributed by atoms with Crippen LogP contribution in [-0.2, 0) is 34.3 Å². The van der Waals surface area contributed by atoms with Crippen LogP contribution in [0.4, 0.5) is 16.0 Å². The normalized spacial score (nSPS) is 26.6. The third kappa shape index (κ3) is 6.05. The van der Waals surface area contributed by atoms with Gasteiger partial charge in [-0.2, -0.15) is 26.3 Å². The molecule has 2 aliphatic rings. The molecule has 0 aromatic carbocycles. The number of anilines is 2. The number of nitrogens with zero attached hydrogens (tertiary/aromatic N) is 8. The molecule has 6 heterocycles. The molecule has 0 radical (unpaired) electrons. The maximum Gasteiger partial charge on any atom is 0.336 e. The molecule has 0 aliphatic carbocycles. The van der Waals surface area contributed by atoms with Gasteiger partial charge in [-0.05, 0) is 0 Å². The summed E-state index contributed by atoms with van der Waals surface area (Å²) in [5, 5.41) is 0. The molecular formula is C20H25FN12O8S2. The molecule has 6 atom stereocenters. The van der Waals surface area contributed by atoms with E-state index < -0.39 is 64.1 Å². The molecule has 0 saturated carbocycles. The van der Waals surface area contributed by atoms with Crippen LogP contribution in [0, 0.1) is 0 Å². The van der Waals surface area contributed by atoms with Crippen molar-refractivity contribution in [2.24, 2.45) is 0 Å². The van der Waals surface area contributed by atoms with Crippen molar-refractivity contribution >= 4 is 54.6 Å². The molecule has 20 nitrogen and oxygen atoms in total. The Balaban J connectivity index is 1.13. The van der Waals surface area contributed by atoms with Gasteiger partial charge in [0.25, 0.3) is 0 Å². The first-order valence-electron chi connectivity index (χ1n) is 12.6. The van der Waals surface area contributed by atoms with Crippen molar-refractivity contribution in [3.05, 3.63) is 25.3 Å². The second kappa shape index (κ2) is 11.1. The fraction of sp³-hybridized carbons (Fsp3) is 0.500. The summed E-state index contributed by atoms with van der Waals surface area (Å²) in [5.41, 5.74) is 12.7. The molecule has 0 unspecified atom stereocenters. The largest absolute Gasteiger partial charge is 0.382 e. The van der Waals surface area contributed by atoms with E-state index in [4.69, 9.17) is 29.7 Å². The van der Waals surface area contributed by atoms with Gasteiger partial charge in [-0.15, -0.1) is 0 Å². The number of halogens is 1. The van der Waals surface area contributed by atoms with Gasteiger partial charge in [-0.3, -0.25) is 17.9 Å². The zero-order chi connectivity index (χ0) is 30.5. The van der Waals surface area contributed by atoms with E-state index in [0.29, 0.717) is 0 Å². The maximum atomic E-state index is 14.9. The summed E-state index contributed by atoms with van der Waals surface area (Å²) in [6.07, 6.45) is -2.03. The zero-order valence-electron chi connectivity index (χ0n) is 21.8. The van der Waals surface area contributed by atoms with Gasteiger partial charge in [0.05, 0.1) is 18.8 Å². The van der Waals surface area contributed by atoms with Gasteiger partial charge in [-0.1, -0.05) is 0 Å². The molecule has 0 amide bonds. The van der Waals surface area contributed by atoms with Crippen LogP contribution in [0.1, 0.15) is 25.3 Å². The quantitative estimate of drug-likeness (QED) is 0.121. The molecule has 2 aliphatic heterocycles. The second-order valence-corrected chi connectivity index (χ2v) is 12.3. The number of fused-ring (bicyclic) bond motifs is 2. The number of hydrogen-bond acceptors (Lipinski definition) is 15. The van der Waals surface area contributed by atoms with Crippen molar-refractivity contribution < 1.29 is 39.4 Å². The smallest absolute Gasteiger partial charge is 0.336 e. The number of aromatic nitrogens is 8. The van der Waals surface area contributed by atoms with Gasteiger partial charge in [0.1, 0.15) is 48.3 Å². The Labute approximate surface area is 242 Å². The SMILES string of the molecule is Nc1ncnc2c1ncn2[C@@H]1O[C@H](CNS(=O)(=O)O[C@H]2C[C@H](n3cnc4c(N)ncnc43)O[C@@H]2CNS(=O)(=O)O)C[C@H]1F. The van der Waals surface area contributed by atoms with Crippen molar-refractivity contribution in [3.63, 3.8) is 0 Å². The van der Waals surface area contributed by atoms with E-state index >= 15 is 0 Å². The Hall–Kier alpha value is -3.71. The van der Waals surface area contributed by atoms with E-state index in [-0.39, 0.29) is 53.3 Å². The highest BCUT2D eigenvalue weighted by Crippen LogP contribution is 2.35. The Morgan fingerprint density at radius 1 is 0.907 bits per heavy atom. The molecule has 6 rings (SSSR count). The fourth-order valence-electron chi connectivity index (χ4n) is 4.95. The van der Waals surface area contributed by atoms with E-state index in [1.165, 1.54) is 34.4 Å². The average molecular weight is 645 g/mol.